The Bertz CT molecular complexity index is 1450. The Morgan fingerprint density at radius 2 is 1.75 bits per heavy atom. The second kappa shape index (κ2) is 11.0. The molecule has 3 atom stereocenters. The number of nitriles is 1. The van der Waals surface area contributed by atoms with Crippen molar-refractivity contribution in [3.8, 4) is 27.1 Å². The van der Waals surface area contributed by atoms with Crippen LogP contribution in [-0.4, -0.2) is 51.4 Å². The molecule has 3 aromatic rings. The van der Waals surface area contributed by atoms with Crippen molar-refractivity contribution in [1.29, 1.82) is 5.26 Å². The number of carbonyl (C=O) groups excluding carboxylic acids is 1. The number of amides is 1. The molecular formula is C30H30F2N4O2S2. The lowest BCUT2D eigenvalue weighted by Gasteiger charge is -2.32. The van der Waals surface area contributed by atoms with Crippen LogP contribution in [0.25, 0.3) is 21.0 Å². The minimum Gasteiger partial charge on any atom is -0.370 e. The third kappa shape index (κ3) is 5.54. The summed E-state index contributed by atoms with van der Waals surface area (Å²) in [7, 11) is -0.754. The molecule has 3 aliphatic rings. The minimum absolute atomic E-state index is 0.0934. The first-order valence-corrected chi connectivity index (χ1v) is 16.0. The van der Waals surface area contributed by atoms with E-state index in [2.05, 4.69) is 28.4 Å². The Morgan fingerprint density at radius 1 is 1.07 bits per heavy atom. The van der Waals surface area contributed by atoms with Gasteiger partial charge in [-0.1, -0.05) is 12.1 Å². The smallest absolute Gasteiger partial charge is 0.225 e. The maximum Gasteiger partial charge on any atom is 0.225 e. The second-order valence-corrected chi connectivity index (χ2v) is 13.6. The van der Waals surface area contributed by atoms with Gasteiger partial charge in [0.25, 0.3) is 0 Å². The predicted octanol–water partition coefficient (Wildman–Crippen LogP) is 5.58. The van der Waals surface area contributed by atoms with Gasteiger partial charge in [0.15, 0.2) is 0 Å². The van der Waals surface area contributed by atoms with Crippen LogP contribution in [0.4, 0.5) is 14.5 Å². The quantitative estimate of drug-likeness (QED) is 0.412. The molecule has 1 aromatic heterocycles. The van der Waals surface area contributed by atoms with Crippen molar-refractivity contribution in [2.24, 2.45) is 5.92 Å². The highest BCUT2D eigenvalue weighted by Crippen LogP contribution is 2.47. The largest absolute Gasteiger partial charge is 0.370 e. The molecule has 2 aromatic carbocycles. The van der Waals surface area contributed by atoms with Crippen LogP contribution >= 0.6 is 11.3 Å². The fourth-order valence-electron chi connectivity index (χ4n) is 5.68. The Kier molecular flexibility index (Phi) is 7.44. The molecular weight excluding hydrogens is 550 g/mol. The lowest BCUT2D eigenvalue weighted by atomic mass is 9.75. The number of carbonyl (C=O) groups is 1. The maximum absolute atomic E-state index is 14.7. The van der Waals surface area contributed by atoms with Crippen molar-refractivity contribution >= 4 is 33.7 Å². The Labute approximate surface area is 238 Å². The normalized spacial score (nSPS) is 24.3. The number of benzene rings is 2. The summed E-state index contributed by atoms with van der Waals surface area (Å²) < 4.78 is 40.1. The van der Waals surface area contributed by atoms with Crippen molar-refractivity contribution in [3.63, 3.8) is 0 Å². The Balaban J connectivity index is 1.36. The van der Waals surface area contributed by atoms with Crippen LogP contribution in [0.1, 0.15) is 43.7 Å². The van der Waals surface area contributed by atoms with Crippen molar-refractivity contribution in [2.75, 3.05) is 29.5 Å². The minimum atomic E-state index is -1.08. The van der Waals surface area contributed by atoms with Gasteiger partial charge in [-0.15, -0.1) is 11.3 Å². The average Bonchev–Trinajstić information content (AvgIpc) is 3.61. The van der Waals surface area contributed by atoms with Gasteiger partial charge < -0.3 is 10.2 Å². The van der Waals surface area contributed by atoms with E-state index in [0.29, 0.717) is 42.2 Å². The summed E-state index contributed by atoms with van der Waals surface area (Å²) in [5.74, 6) is -0.233. The summed E-state index contributed by atoms with van der Waals surface area (Å²) in [6, 6.07) is 16.6. The summed E-state index contributed by atoms with van der Waals surface area (Å²) in [5.41, 5.74) is 2.71. The van der Waals surface area contributed by atoms with E-state index in [4.69, 9.17) is 4.98 Å². The molecule has 3 fully saturated rings. The number of hydrogen-bond donors (Lipinski definition) is 1. The number of hydrogen-bond acceptors (Lipinski definition) is 6. The van der Waals surface area contributed by atoms with Gasteiger partial charge in [0.1, 0.15) is 22.5 Å². The molecule has 1 unspecified atom stereocenters. The Morgan fingerprint density at radius 3 is 2.40 bits per heavy atom. The molecule has 208 valence electrons. The Hall–Kier alpha value is -3.16. The summed E-state index contributed by atoms with van der Waals surface area (Å²) >= 11 is 1.49. The van der Waals surface area contributed by atoms with Gasteiger partial charge in [0.2, 0.25) is 5.91 Å². The van der Waals surface area contributed by atoms with Crippen molar-refractivity contribution in [3.05, 3.63) is 60.0 Å². The van der Waals surface area contributed by atoms with Crippen LogP contribution in [0.3, 0.4) is 0 Å². The van der Waals surface area contributed by atoms with Crippen LogP contribution in [0.15, 0.2) is 48.5 Å². The van der Waals surface area contributed by atoms with Crippen molar-refractivity contribution in [1.82, 2.24) is 10.3 Å². The number of alkyl halides is 1. The zero-order chi connectivity index (χ0) is 27.9. The number of aromatic nitrogens is 1. The third-order valence-electron chi connectivity index (χ3n) is 8.22. The molecule has 0 bridgehead atoms. The zero-order valence-corrected chi connectivity index (χ0v) is 23.6. The molecule has 0 radical (unpaired) electrons. The monoisotopic (exact) mass is 580 g/mol. The molecule has 6 nitrogen and oxygen atoms in total. The van der Waals surface area contributed by atoms with Crippen molar-refractivity contribution < 1.29 is 17.8 Å². The SMILES string of the molecule is N#CC1(NC(=O)C2C[C@@H](F)CC[C@H]2c2nc(-c3ccc(F)cc3)sc2-c2ccc(N3CCS(=O)CC3)cc2)CC1. The maximum atomic E-state index is 14.7. The fourth-order valence-corrected chi connectivity index (χ4v) is 7.88. The molecule has 40 heavy (non-hydrogen) atoms. The van der Waals surface area contributed by atoms with E-state index >= 15 is 0 Å². The standard InChI is InChI=1S/C30H30F2N4O2S2/c31-21-5-1-20(2-6-21)29-34-26(24-10-7-22(32)17-25(24)28(37)35-30(18-33)11-12-30)27(39-29)19-3-8-23(9-4-19)36-13-15-40(38)16-14-36/h1-6,8-9,22,24-25H,7,10-17H2,(H,35,37)/t22-,24+,25?/m0/s1. The van der Waals surface area contributed by atoms with Crippen LogP contribution in [-0.2, 0) is 15.6 Å². The van der Waals surface area contributed by atoms with E-state index in [9.17, 15) is 23.0 Å². The summed E-state index contributed by atoms with van der Waals surface area (Å²) in [5, 5.41) is 13.1. The third-order valence-corrected chi connectivity index (χ3v) is 10.7. The molecule has 10 heteroatoms. The van der Waals surface area contributed by atoms with Gasteiger partial charge in [-0.3, -0.25) is 9.00 Å². The summed E-state index contributed by atoms with van der Waals surface area (Å²) in [6.07, 6.45) is 1.05. The highest BCUT2D eigenvalue weighted by atomic mass is 32.2. The first-order valence-electron chi connectivity index (χ1n) is 13.7. The van der Waals surface area contributed by atoms with Crippen LogP contribution in [0, 0.1) is 23.1 Å². The molecule has 2 heterocycles. The second-order valence-electron chi connectivity index (χ2n) is 10.9. The van der Waals surface area contributed by atoms with Gasteiger partial charge in [0, 0.05) is 58.5 Å². The van der Waals surface area contributed by atoms with Crippen molar-refractivity contribution in [2.45, 2.75) is 49.7 Å². The van der Waals surface area contributed by atoms with Gasteiger partial charge >= 0.3 is 0 Å². The molecule has 1 N–H and O–H groups in total. The van der Waals surface area contributed by atoms with Crippen LogP contribution in [0.2, 0.25) is 0 Å². The number of nitrogens with one attached hydrogen (secondary N) is 1. The molecule has 0 spiro atoms. The number of nitrogens with zero attached hydrogens (tertiary/aromatic N) is 3. The fraction of sp³-hybridized carbons (Fsp3) is 0.433. The first kappa shape index (κ1) is 27.0. The van der Waals surface area contributed by atoms with E-state index in [1.54, 1.807) is 12.1 Å². The zero-order valence-electron chi connectivity index (χ0n) is 21.9. The van der Waals surface area contributed by atoms with E-state index in [1.807, 2.05) is 12.1 Å². The van der Waals surface area contributed by atoms with Crippen LogP contribution in [0.5, 0.6) is 0 Å². The molecule has 2 saturated carbocycles. The number of halogens is 2. The molecule has 1 aliphatic heterocycles. The van der Waals surface area contributed by atoms with Crippen LogP contribution < -0.4 is 10.2 Å². The van der Waals surface area contributed by atoms with E-state index < -0.39 is 28.4 Å². The molecule has 1 amide bonds. The van der Waals surface area contributed by atoms with E-state index in [0.717, 1.165) is 40.5 Å². The molecule has 2 aliphatic carbocycles. The lowest BCUT2D eigenvalue weighted by Crippen LogP contribution is -2.44. The highest BCUT2D eigenvalue weighted by molar-refractivity contribution is 7.85. The lowest BCUT2D eigenvalue weighted by molar-refractivity contribution is -0.128. The van der Waals surface area contributed by atoms with Gasteiger partial charge in [-0.25, -0.2) is 13.8 Å². The predicted molar refractivity (Wildman–Crippen MR) is 154 cm³/mol. The number of rotatable bonds is 6. The summed E-state index contributed by atoms with van der Waals surface area (Å²) in [6.45, 7) is 1.50. The van der Waals surface area contributed by atoms with Gasteiger partial charge in [-0.05, 0) is 74.1 Å². The highest BCUT2D eigenvalue weighted by Gasteiger charge is 2.48. The topological polar surface area (TPSA) is 86.1 Å². The first-order chi connectivity index (χ1) is 19.3. The van der Waals surface area contributed by atoms with E-state index in [1.165, 1.54) is 23.5 Å². The molecule has 6 rings (SSSR count). The average molecular weight is 581 g/mol. The number of thiazole rings is 1. The summed E-state index contributed by atoms with van der Waals surface area (Å²) in [4.78, 5) is 21.6. The van der Waals surface area contributed by atoms with Gasteiger partial charge in [-0.2, -0.15) is 5.26 Å². The van der Waals surface area contributed by atoms with E-state index in [-0.39, 0.29) is 24.1 Å². The molecule has 1 saturated heterocycles. The number of anilines is 1. The van der Waals surface area contributed by atoms with Gasteiger partial charge in [0.05, 0.1) is 16.6 Å².